The van der Waals surface area contributed by atoms with Gasteiger partial charge in [0.25, 0.3) is 0 Å². The Balaban J connectivity index is 2.13. The van der Waals surface area contributed by atoms with Crippen LogP contribution in [0.3, 0.4) is 0 Å². The van der Waals surface area contributed by atoms with E-state index in [4.69, 9.17) is 0 Å². The van der Waals surface area contributed by atoms with Gasteiger partial charge in [0.15, 0.2) is 0 Å². The van der Waals surface area contributed by atoms with Gasteiger partial charge >= 0.3 is 0 Å². The Hall–Kier alpha value is -0.910. The van der Waals surface area contributed by atoms with Gasteiger partial charge in [0.1, 0.15) is 6.04 Å². The topological polar surface area (TPSA) is 44.4 Å². The van der Waals surface area contributed by atoms with Gasteiger partial charge in [-0.3, -0.25) is 4.79 Å². The minimum absolute atomic E-state index is 0.00159. The highest BCUT2D eigenvalue weighted by Crippen LogP contribution is 2.33. The summed E-state index contributed by atoms with van der Waals surface area (Å²) in [5.74, 6) is 0.0163. The molecular weight excluding hydrogens is 306 g/mol. The van der Waals surface area contributed by atoms with Crippen molar-refractivity contribution in [2.75, 3.05) is 26.0 Å². The molecule has 2 N–H and O–H groups in total. The standard InChI is InChI=1S/C14H20BrN3O/c1-14(2,18(3)4)8-16-12-10-6-5-9(15)7-11(10)17-13(12)19/h5-7,12,16H,8H2,1-4H3,(H,17,19). The lowest BCUT2D eigenvalue weighted by molar-refractivity contribution is -0.117. The number of amides is 1. The molecule has 0 bridgehead atoms. The van der Waals surface area contributed by atoms with Crippen LogP contribution in [0.5, 0.6) is 0 Å². The Kier molecular flexibility index (Phi) is 3.99. The van der Waals surface area contributed by atoms with Crippen molar-refractivity contribution in [2.24, 2.45) is 0 Å². The smallest absolute Gasteiger partial charge is 0.246 e. The maximum Gasteiger partial charge on any atom is 0.246 e. The van der Waals surface area contributed by atoms with Gasteiger partial charge in [-0.25, -0.2) is 0 Å². The van der Waals surface area contributed by atoms with Crippen LogP contribution < -0.4 is 10.6 Å². The number of rotatable bonds is 4. The Morgan fingerprint density at radius 1 is 1.42 bits per heavy atom. The molecule has 1 aliphatic rings. The van der Waals surface area contributed by atoms with E-state index in [1.54, 1.807) is 0 Å². The number of carbonyl (C=O) groups is 1. The molecule has 0 fully saturated rings. The molecule has 1 atom stereocenters. The lowest BCUT2D eigenvalue weighted by Gasteiger charge is -2.33. The van der Waals surface area contributed by atoms with E-state index in [1.165, 1.54) is 0 Å². The molecule has 0 radical (unpaired) electrons. The first-order valence-corrected chi connectivity index (χ1v) is 7.12. The van der Waals surface area contributed by atoms with E-state index >= 15 is 0 Å². The van der Waals surface area contributed by atoms with E-state index in [0.29, 0.717) is 0 Å². The van der Waals surface area contributed by atoms with Crippen LogP contribution in [-0.2, 0) is 4.79 Å². The molecule has 2 rings (SSSR count). The maximum atomic E-state index is 12.0. The van der Waals surface area contributed by atoms with Crippen molar-refractivity contribution in [1.82, 2.24) is 10.2 Å². The Morgan fingerprint density at radius 3 is 2.74 bits per heavy atom. The molecule has 4 nitrogen and oxygen atoms in total. The monoisotopic (exact) mass is 325 g/mol. The first-order chi connectivity index (χ1) is 8.81. The van der Waals surface area contributed by atoms with Crippen molar-refractivity contribution < 1.29 is 4.79 Å². The largest absolute Gasteiger partial charge is 0.324 e. The van der Waals surface area contributed by atoms with E-state index in [1.807, 2.05) is 32.3 Å². The predicted octanol–water partition coefficient (Wildman–Crippen LogP) is 2.37. The number of benzene rings is 1. The van der Waals surface area contributed by atoms with Gasteiger partial charge in [0.2, 0.25) is 5.91 Å². The Morgan fingerprint density at radius 2 is 2.11 bits per heavy atom. The van der Waals surface area contributed by atoms with Crippen molar-refractivity contribution >= 4 is 27.5 Å². The lowest BCUT2D eigenvalue weighted by Crippen LogP contribution is -2.48. The van der Waals surface area contributed by atoms with E-state index in [9.17, 15) is 4.79 Å². The SMILES string of the molecule is CN(C)C(C)(C)CNC1C(=O)Nc2cc(Br)ccc21. The van der Waals surface area contributed by atoms with Gasteiger partial charge in [-0.15, -0.1) is 0 Å². The third-order valence-electron chi connectivity index (χ3n) is 3.80. The summed E-state index contributed by atoms with van der Waals surface area (Å²) in [5.41, 5.74) is 1.90. The number of likely N-dealkylation sites (N-methyl/N-ethyl adjacent to an activating group) is 1. The molecule has 0 saturated heterocycles. The van der Waals surface area contributed by atoms with Crippen LogP contribution in [0.4, 0.5) is 5.69 Å². The first-order valence-electron chi connectivity index (χ1n) is 6.32. The number of halogens is 1. The van der Waals surface area contributed by atoms with E-state index < -0.39 is 0 Å². The molecule has 0 saturated carbocycles. The molecule has 1 aromatic carbocycles. The highest BCUT2D eigenvalue weighted by atomic mass is 79.9. The molecule has 1 amide bonds. The van der Waals surface area contributed by atoms with Crippen molar-refractivity contribution in [1.29, 1.82) is 0 Å². The number of carbonyl (C=O) groups excluding carboxylic acids is 1. The summed E-state index contributed by atoms with van der Waals surface area (Å²) in [6.07, 6.45) is 0. The lowest BCUT2D eigenvalue weighted by atomic mass is 10.0. The van der Waals surface area contributed by atoms with Crippen LogP contribution in [0.15, 0.2) is 22.7 Å². The van der Waals surface area contributed by atoms with Gasteiger partial charge in [-0.1, -0.05) is 22.0 Å². The minimum Gasteiger partial charge on any atom is -0.324 e. The molecular formula is C14H20BrN3O. The molecule has 19 heavy (non-hydrogen) atoms. The average molecular weight is 326 g/mol. The van der Waals surface area contributed by atoms with Gasteiger partial charge in [0.05, 0.1) is 0 Å². The Bertz CT molecular complexity index is 499. The van der Waals surface area contributed by atoms with Crippen molar-refractivity contribution in [3.8, 4) is 0 Å². The maximum absolute atomic E-state index is 12.0. The number of hydrogen-bond acceptors (Lipinski definition) is 3. The quantitative estimate of drug-likeness (QED) is 0.893. The van der Waals surface area contributed by atoms with Crippen LogP contribution in [0.25, 0.3) is 0 Å². The van der Waals surface area contributed by atoms with E-state index in [2.05, 4.69) is 45.3 Å². The van der Waals surface area contributed by atoms with Gasteiger partial charge in [-0.2, -0.15) is 0 Å². The highest BCUT2D eigenvalue weighted by molar-refractivity contribution is 9.10. The fraction of sp³-hybridized carbons (Fsp3) is 0.500. The van der Waals surface area contributed by atoms with E-state index in [0.717, 1.165) is 22.3 Å². The zero-order valence-electron chi connectivity index (χ0n) is 11.7. The Labute approximate surface area is 122 Å². The summed E-state index contributed by atoms with van der Waals surface area (Å²) in [7, 11) is 4.09. The average Bonchev–Trinajstić information content (AvgIpc) is 2.61. The summed E-state index contributed by atoms with van der Waals surface area (Å²) < 4.78 is 0.973. The third kappa shape index (κ3) is 2.99. The molecule has 0 aliphatic carbocycles. The van der Waals surface area contributed by atoms with Gasteiger partial charge in [0, 0.05) is 27.8 Å². The number of nitrogens with one attached hydrogen (secondary N) is 2. The van der Waals surface area contributed by atoms with Gasteiger partial charge in [-0.05, 0) is 40.1 Å². The highest BCUT2D eigenvalue weighted by Gasteiger charge is 2.32. The fourth-order valence-corrected chi connectivity index (χ4v) is 2.31. The zero-order chi connectivity index (χ0) is 14.2. The minimum atomic E-state index is -0.262. The molecule has 104 valence electrons. The van der Waals surface area contributed by atoms with Crippen molar-refractivity contribution in [2.45, 2.75) is 25.4 Å². The second-order valence-electron chi connectivity index (χ2n) is 5.74. The summed E-state index contributed by atoms with van der Waals surface area (Å²) in [6.45, 7) is 5.04. The summed E-state index contributed by atoms with van der Waals surface area (Å²) in [5, 5.41) is 6.27. The van der Waals surface area contributed by atoms with Crippen molar-refractivity contribution in [3.05, 3.63) is 28.2 Å². The second kappa shape index (κ2) is 5.23. The molecule has 0 aromatic heterocycles. The molecule has 0 spiro atoms. The van der Waals surface area contributed by atoms with Crippen LogP contribution in [0.1, 0.15) is 25.5 Å². The molecule has 1 unspecified atom stereocenters. The van der Waals surface area contributed by atoms with Crippen LogP contribution in [0, 0.1) is 0 Å². The van der Waals surface area contributed by atoms with Crippen LogP contribution in [0.2, 0.25) is 0 Å². The second-order valence-corrected chi connectivity index (χ2v) is 6.66. The fourth-order valence-electron chi connectivity index (χ4n) is 1.95. The molecule has 1 aromatic rings. The number of hydrogen-bond donors (Lipinski definition) is 2. The summed E-state index contributed by atoms with van der Waals surface area (Å²) in [6, 6.07) is 5.62. The molecule has 1 heterocycles. The predicted molar refractivity (Wildman–Crippen MR) is 81.3 cm³/mol. The van der Waals surface area contributed by atoms with E-state index in [-0.39, 0.29) is 17.5 Å². The number of fused-ring (bicyclic) bond motifs is 1. The summed E-state index contributed by atoms with van der Waals surface area (Å²) >= 11 is 3.42. The van der Waals surface area contributed by atoms with Gasteiger partial charge < -0.3 is 15.5 Å². The number of nitrogens with zero attached hydrogens (tertiary/aromatic N) is 1. The normalized spacial score (nSPS) is 18.6. The first kappa shape index (κ1) is 14.5. The molecule has 1 aliphatic heterocycles. The zero-order valence-corrected chi connectivity index (χ0v) is 13.3. The number of anilines is 1. The van der Waals surface area contributed by atoms with Crippen molar-refractivity contribution in [3.63, 3.8) is 0 Å². The van der Waals surface area contributed by atoms with Crippen LogP contribution >= 0.6 is 15.9 Å². The van der Waals surface area contributed by atoms with Crippen LogP contribution in [-0.4, -0.2) is 37.0 Å². The summed E-state index contributed by atoms with van der Waals surface area (Å²) in [4.78, 5) is 14.2. The third-order valence-corrected chi connectivity index (χ3v) is 4.29. The molecule has 5 heteroatoms.